The van der Waals surface area contributed by atoms with Crippen LogP contribution in [0.4, 0.5) is 10.5 Å². The van der Waals surface area contributed by atoms with Crippen molar-refractivity contribution in [2.24, 2.45) is 0 Å². The number of anilines is 1. The summed E-state index contributed by atoms with van der Waals surface area (Å²) in [6, 6.07) is 6.61. The van der Waals surface area contributed by atoms with Crippen molar-refractivity contribution in [1.82, 2.24) is 10.6 Å². The summed E-state index contributed by atoms with van der Waals surface area (Å²) in [5.74, 6) is 0.285. The number of ketones is 1. The number of benzene rings is 1. The first kappa shape index (κ1) is 18.4. The van der Waals surface area contributed by atoms with E-state index in [9.17, 15) is 19.2 Å². The molecule has 1 aromatic carbocycles. The van der Waals surface area contributed by atoms with E-state index in [2.05, 4.69) is 16.0 Å². The fourth-order valence-electron chi connectivity index (χ4n) is 3.28. The van der Waals surface area contributed by atoms with Crippen LogP contribution in [0.2, 0.25) is 0 Å². The van der Waals surface area contributed by atoms with Crippen molar-refractivity contribution in [2.45, 2.75) is 43.0 Å². The molecule has 3 rings (SSSR count). The first-order chi connectivity index (χ1) is 12.6. The summed E-state index contributed by atoms with van der Waals surface area (Å²) >= 11 is 1.87. The summed E-state index contributed by atoms with van der Waals surface area (Å²) in [5.41, 5.74) is 0.908. The van der Waals surface area contributed by atoms with Crippen LogP contribution in [0.3, 0.4) is 0 Å². The van der Waals surface area contributed by atoms with E-state index in [-0.39, 0.29) is 30.3 Å². The minimum absolute atomic E-state index is 0.0766. The van der Waals surface area contributed by atoms with Gasteiger partial charge in [0.1, 0.15) is 0 Å². The van der Waals surface area contributed by atoms with E-state index in [0.717, 1.165) is 25.0 Å². The zero-order valence-corrected chi connectivity index (χ0v) is 15.0. The lowest BCUT2D eigenvalue weighted by Crippen LogP contribution is -2.36. The van der Waals surface area contributed by atoms with Gasteiger partial charge < -0.3 is 16.0 Å². The van der Waals surface area contributed by atoms with E-state index in [4.69, 9.17) is 0 Å². The number of urea groups is 1. The molecule has 0 saturated carbocycles. The molecular formula is C18H21N3O4S. The Hall–Kier alpha value is -2.35. The molecule has 0 unspecified atom stereocenters. The molecular weight excluding hydrogens is 354 g/mol. The van der Waals surface area contributed by atoms with Crippen molar-refractivity contribution in [2.75, 3.05) is 11.1 Å². The van der Waals surface area contributed by atoms with Crippen LogP contribution in [0.1, 0.15) is 36.0 Å². The average Bonchev–Trinajstić information content (AvgIpc) is 3.18. The molecule has 0 bridgehead atoms. The number of hydrogen-bond donors (Lipinski definition) is 3. The molecule has 0 spiro atoms. The zero-order valence-electron chi connectivity index (χ0n) is 14.2. The molecule has 0 aliphatic carbocycles. The molecule has 2 aliphatic heterocycles. The number of unbranched alkanes of at least 4 members (excludes halogenated alkanes) is 1. The SMILES string of the molecule is O=CC(=O)c1ccc(NC(=O)CCCC[C@@H]2SC[C@@H]3NC(=O)N[C@@H]32)cc1. The van der Waals surface area contributed by atoms with Crippen molar-refractivity contribution in [3.8, 4) is 0 Å². The monoisotopic (exact) mass is 375 g/mol. The zero-order chi connectivity index (χ0) is 18.5. The van der Waals surface area contributed by atoms with Crippen LogP contribution < -0.4 is 16.0 Å². The smallest absolute Gasteiger partial charge is 0.315 e. The van der Waals surface area contributed by atoms with Gasteiger partial charge in [0.15, 0.2) is 6.29 Å². The van der Waals surface area contributed by atoms with Crippen LogP contribution in [-0.2, 0) is 9.59 Å². The number of amides is 3. The van der Waals surface area contributed by atoms with Crippen molar-refractivity contribution in [1.29, 1.82) is 0 Å². The predicted octanol–water partition coefficient (Wildman–Crippen LogP) is 1.73. The summed E-state index contributed by atoms with van der Waals surface area (Å²) < 4.78 is 0. The lowest BCUT2D eigenvalue weighted by molar-refractivity contribution is -0.116. The number of carbonyl (C=O) groups is 4. The lowest BCUT2D eigenvalue weighted by Gasteiger charge is -2.16. The Labute approximate surface area is 155 Å². The Kier molecular flexibility index (Phi) is 5.92. The summed E-state index contributed by atoms with van der Waals surface area (Å²) in [5, 5.41) is 9.08. The molecule has 3 atom stereocenters. The number of carbonyl (C=O) groups excluding carboxylic acids is 4. The molecule has 3 N–H and O–H groups in total. The van der Waals surface area contributed by atoms with Crippen molar-refractivity contribution in [3.63, 3.8) is 0 Å². The third kappa shape index (κ3) is 4.43. The number of Topliss-reactive ketones (excluding diaryl/α,β-unsaturated/α-hetero) is 1. The van der Waals surface area contributed by atoms with Gasteiger partial charge in [-0.3, -0.25) is 14.4 Å². The molecule has 3 amide bonds. The van der Waals surface area contributed by atoms with Gasteiger partial charge in [-0.1, -0.05) is 6.42 Å². The van der Waals surface area contributed by atoms with Gasteiger partial charge in [-0.05, 0) is 37.1 Å². The summed E-state index contributed by atoms with van der Waals surface area (Å²) in [6.45, 7) is 0. The van der Waals surface area contributed by atoms with Gasteiger partial charge in [-0.15, -0.1) is 0 Å². The van der Waals surface area contributed by atoms with Crippen LogP contribution in [0.15, 0.2) is 24.3 Å². The van der Waals surface area contributed by atoms with Gasteiger partial charge in [0, 0.05) is 28.7 Å². The summed E-state index contributed by atoms with van der Waals surface area (Å²) in [6.07, 6.45) is 3.38. The maximum Gasteiger partial charge on any atom is 0.315 e. The highest BCUT2D eigenvalue weighted by Crippen LogP contribution is 2.33. The number of rotatable bonds is 8. The molecule has 2 fully saturated rings. The molecule has 26 heavy (non-hydrogen) atoms. The fourth-order valence-corrected chi connectivity index (χ4v) is 4.83. The Morgan fingerprint density at radius 3 is 2.69 bits per heavy atom. The topological polar surface area (TPSA) is 104 Å². The van der Waals surface area contributed by atoms with Gasteiger partial charge in [-0.2, -0.15) is 11.8 Å². The third-order valence-electron chi connectivity index (χ3n) is 4.64. The molecule has 2 aliphatic rings. The molecule has 0 aromatic heterocycles. The Bertz CT molecular complexity index is 707. The molecule has 2 saturated heterocycles. The number of hydrogen-bond acceptors (Lipinski definition) is 5. The fraction of sp³-hybridized carbons (Fsp3) is 0.444. The van der Waals surface area contributed by atoms with Crippen molar-refractivity contribution < 1.29 is 19.2 Å². The quantitative estimate of drug-likeness (QED) is 0.211. The molecule has 0 radical (unpaired) electrons. The normalized spacial score (nSPS) is 23.7. The van der Waals surface area contributed by atoms with Gasteiger partial charge in [0.25, 0.3) is 0 Å². The molecule has 1 aromatic rings. The van der Waals surface area contributed by atoms with E-state index in [1.807, 2.05) is 11.8 Å². The number of nitrogens with one attached hydrogen (secondary N) is 3. The predicted molar refractivity (Wildman–Crippen MR) is 99.4 cm³/mol. The molecule has 138 valence electrons. The first-order valence-corrected chi connectivity index (χ1v) is 9.70. The third-order valence-corrected chi connectivity index (χ3v) is 6.15. The highest BCUT2D eigenvalue weighted by Gasteiger charge is 2.42. The second-order valence-electron chi connectivity index (χ2n) is 6.48. The second kappa shape index (κ2) is 8.35. The maximum absolute atomic E-state index is 12.0. The van der Waals surface area contributed by atoms with Crippen LogP contribution in [0, 0.1) is 0 Å². The Balaban J connectivity index is 1.36. The average molecular weight is 375 g/mol. The minimum Gasteiger partial charge on any atom is -0.332 e. The van der Waals surface area contributed by atoms with Crippen molar-refractivity contribution >= 4 is 41.5 Å². The maximum atomic E-state index is 12.0. The van der Waals surface area contributed by atoms with E-state index < -0.39 is 5.78 Å². The van der Waals surface area contributed by atoms with Crippen molar-refractivity contribution in [3.05, 3.63) is 29.8 Å². The number of thioether (sulfide) groups is 1. The lowest BCUT2D eigenvalue weighted by atomic mass is 10.0. The number of aldehydes is 1. The first-order valence-electron chi connectivity index (χ1n) is 8.65. The summed E-state index contributed by atoms with van der Waals surface area (Å²) in [7, 11) is 0. The molecule has 7 nitrogen and oxygen atoms in total. The number of fused-ring (bicyclic) bond motifs is 1. The molecule has 8 heteroatoms. The van der Waals surface area contributed by atoms with Crippen LogP contribution in [0.25, 0.3) is 0 Å². The minimum atomic E-state index is -0.580. The van der Waals surface area contributed by atoms with E-state index in [1.54, 1.807) is 12.1 Å². The highest BCUT2D eigenvalue weighted by molar-refractivity contribution is 8.00. The van der Waals surface area contributed by atoms with E-state index >= 15 is 0 Å². The van der Waals surface area contributed by atoms with Crippen LogP contribution in [-0.4, -0.2) is 47.1 Å². The Morgan fingerprint density at radius 2 is 1.96 bits per heavy atom. The van der Waals surface area contributed by atoms with E-state index in [0.29, 0.717) is 22.9 Å². The van der Waals surface area contributed by atoms with Crippen LogP contribution in [0.5, 0.6) is 0 Å². The standard InChI is InChI=1S/C18H21N3O4S/c22-9-14(23)11-5-7-12(8-6-11)19-16(24)4-2-1-3-15-17-13(10-26-15)20-18(25)21-17/h5-9,13,15,17H,1-4,10H2,(H,19,24)(H2,20,21,25)/t13-,15-,17-/m0/s1. The van der Waals surface area contributed by atoms with Gasteiger partial charge >= 0.3 is 6.03 Å². The van der Waals surface area contributed by atoms with Gasteiger partial charge in [-0.25, -0.2) is 4.79 Å². The molecule has 2 heterocycles. The largest absolute Gasteiger partial charge is 0.332 e. The second-order valence-corrected chi connectivity index (χ2v) is 7.75. The van der Waals surface area contributed by atoms with Gasteiger partial charge in [0.05, 0.1) is 12.1 Å². The van der Waals surface area contributed by atoms with Crippen LogP contribution >= 0.6 is 11.8 Å². The highest BCUT2D eigenvalue weighted by atomic mass is 32.2. The van der Waals surface area contributed by atoms with Gasteiger partial charge in [0.2, 0.25) is 11.7 Å². The van der Waals surface area contributed by atoms with E-state index in [1.165, 1.54) is 12.1 Å². The Morgan fingerprint density at radius 1 is 1.19 bits per heavy atom. The summed E-state index contributed by atoms with van der Waals surface area (Å²) in [4.78, 5) is 45.0.